The van der Waals surface area contributed by atoms with Crippen LogP contribution >= 0.6 is 0 Å². The number of hydrogen-bond acceptors (Lipinski definition) is 2. The molecule has 1 fully saturated rings. The molecule has 0 bridgehead atoms. The summed E-state index contributed by atoms with van der Waals surface area (Å²) in [5.74, 6) is 1.78. The van der Waals surface area contributed by atoms with E-state index in [1.54, 1.807) is 0 Å². The van der Waals surface area contributed by atoms with Gasteiger partial charge in [-0.1, -0.05) is 27.7 Å². The van der Waals surface area contributed by atoms with Crippen molar-refractivity contribution in [1.29, 1.82) is 0 Å². The predicted molar refractivity (Wildman–Crippen MR) is 80.8 cm³/mol. The first kappa shape index (κ1) is 16.5. The van der Waals surface area contributed by atoms with Crippen molar-refractivity contribution in [2.45, 2.75) is 72.3 Å². The van der Waals surface area contributed by atoms with Gasteiger partial charge in [0.05, 0.1) is 5.41 Å². The second kappa shape index (κ2) is 7.28. The SMILES string of the molecule is CCC(CC)(CN)C(=O)NC1CCC(C(C)C)CC1. The highest BCUT2D eigenvalue weighted by atomic mass is 16.2. The van der Waals surface area contributed by atoms with Crippen molar-refractivity contribution in [3.05, 3.63) is 0 Å². The average Bonchev–Trinajstić information content (AvgIpc) is 2.42. The second-order valence-corrected chi connectivity index (χ2v) is 6.52. The third kappa shape index (κ3) is 3.95. The lowest BCUT2D eigenvalue weighted by Crippen LogP contribution is -2.49. The van der Waals surface area contributed by atoms with E-state index in [4.69, 9.17) is 5.73 Å². The number of hydrogen-bond donors (Lipinski definition) is 2. The number of nitrogens with one attached hydrogen (secondary N) is 1. The maximum absolute atomic E-state index is 12.5. The van der Waals surface area contributed by atoms with Gasteiger partial charge in [0, 0.05) is 12.6 Å². The quantitative estimate of drug-likeness (QED) is 0.778. The lowest BCUT2D eigenvalue weighted by Gasteiger charge is -2.35. The van der Waals surface area contributed by atoms with Crippen LogP contribution in [0.3, 0.4) is 0 Å². The van der Waals surface area contributed by atoms with E-state index in [9.17, 15) is 4.79 Å². The lowest BCUT2D eigenvalue weighted by molar-refractivity contribution is -0.132. The van der Waals surface area contributed by atoms with Crippen LogP contribution in [0.5, 0.6) is 0 Å². The Balaban J connectivity index is 2.50. The highest BCUT2D eigenvalue weighted by Gasteiger charge is 2.35. The smallest absolute Gasteiger partial charge is 0.227 e. The summed E-state index contributed by atoms with van der Waals surface area (Å²) < 4.78 is 0. The predicted octanol–water partition coefficient (Wildman–Crippen LogP) is 3.08. The summed E-state index contributed by atoms with van der Waals surface area (Å²) in [6.07, 6.45) is 6.40. The van der Waals surface area contributed by atoms with Gasteiger partial charge in [0.1, 0.15) is 0 Å². The van der Waals surface area contributed by atoms with Crippen molar-refractivity contribution in [3.63, 3.8) is 0 Å². The fourth-order valence-electron chi connectivity index (χ4n) is 3.22. The summed E-state index contributed by atoms with van der Waals surface area (Å²) in [7, 11) is 0. The molecule has 3 heteroatoms. The summed E-state index contributed by atoms with van der Waals surface area (Å²) in [6.45, 7) is 9.18. The maximum Gasteiger partial charge on any atom is 0.227 e. The number of carbonyl (C=O) groups excluding carboxylic acids is 1. The van der Waals surface area contributed by atoms with Crippen molar-refractivity contribution in [3.8, 4) is 0 Å². The molecule has 0 aromatic heterocycles. The zero-order chi connectivity index (χ0) is 14.5. The second-order valence-electron chi connectivity index (χ2n) is 6.52. The molecule has 0 unspecified atom stereocenters. The minimum Gasteiger partial charge on any atom is -0.353 e. The molecule has 112 valence electrons. The van der Waals surface area contributed by atoms with Crippen LogP contribution in [0, 0.1) is 17.3 Å². The minimum atomic E-state index is -0.352. The molecule has 1 aliphatic carbocycles. The molecule has 0 atom stereocenters. The Morgan fingerprint density at radius 2 is 1.74 bits per heavy atom. The van der Waals surface area contributed by atoms with Crippen LogP contribution in [0.2, 0.25) is 0 Å². The Kier molecular flexibility index (Phi) is 6.31. The lowest BCUT2D eigenvalue weighted by atomic mass is 9.78. The van der Waals surface area contributed by atoms with E-state index < -0.39 is 0 Å². The van der Waals surface area contributed by atoms with Gasteiger partial charge in [-0.25, -0.2) is 0 Å². The Labute approximate surface area is 118 Å². The molecular weight excluding hydrogens is 236 g/mol. The van der Waals surface area contributed by atoms with Gasteiger partial charge in [-0.3, -0.25) is 4.79 Å². The molecular formula is C16H32N2O. The average molecular weight is 268 g/mol. The minimum absolute atomic E-state index is 0.174. The van der Waals surface area contributed by atoms with Crippen molar-refractivity contribution < 1.29 is 4.79 Å². The zero-order valence-corrected chi connectivity index (χ0v) is 13.2. The molecule has 19 heavy (non-hydrogen) atoms. The monoisotopic (exact) mass is 268 g/mol. The molecule has 1 saturated carbocycles. The zero-order valence-electron chi connectivity index (χ0n) is 13.2. The standard InChI is InChI=1S/C16H32N2O/c1-5-16(6-2,11-17)15(19)18-14-9-7-13(8-10-14)12(3)4/h12-14H,5-11,17H2,1-4H3,(H,18,19). The third-order valence-electron chi connectivity index (χ3n) is 5.28. The van der Waals surface area contributed by atoms with Gasteiger partial charge in [0.25, 0.3) is 0 Å². The van der Waals surface area contributed by atoms with Gasteiger partial charge in [-0.05, 0) is 50.4 Å². The van der Waals surface area contributed by atoms with E-state index in [2.05, 4.69) is 33.0 Å². The molecule has 0 saturated heterocycles. The summed E-state index contributed by atoms with van der Waals surface area (Å²) in [6, 6.07) is 0.367. The number of nitrogens with two attached hydrogens (primary N) is 1. The van der Waals surface area contributed by atoms with Gasteiger partial charge in [0.15, 0.2) is 0 Å². The Hall–Kier alpha value is -0.570. The number of carbonyl (C=O) groups is 1. The van der Waals surface area contributed by atoms with E-state index >= 15 is 0 Å². The fraction of sp³-hybridized carbons (Fsp3) is 0.938. The first-order valence-corrected chi connectivity index (χ1v) is 8.00. The van der Waals surface area contributed by atoms with Crippen molar-refractivity contribution >= 4 is 5.91 Å². The molecule has 0 radical (unpaired) electrons. The van der Waals surface area contributed by atoms with Crippen LogP contribution < -0.4 is 11.1 Å². The fourth-order valence-corrected chi connectivity index (χ4v) is 3.22. The maximum atomic E-state index is 12.5. The van der Waals surface area contributed by atoms with Crippen LogP contribution in [0.15, 0.2) is 0 Å². The molecule has 0 aromatic rings. The summed E-state index contributed by atoms with van der Waals surface area (Å²) >= 11 is 0. The highest BCUT2D eigenvalue weighted by Crippen LogP contribution is 2.31. The molecule has 0 heterocycles. The van der Waals surface area contributed by atoms with Crippen molar-refractivity contribution in [1.82, 2.24) is 5.32 Å². The molecule has 0 aliphatic heterocycles. The van der Waals surface area contributed by atoms with Crippen molar-refractivity contribution in [2.24, 2.45) is 23.0 Å². The Morgan fingerprint density at radius 1 is 1.21 bits per heavy atom. The topological polar surface area (TPSA) is 55.1 Å². The van der Waals surface area contributed by atoms with Gasteiger partial charge >= 0.3 is 0 Å². The first-order chi connectivity index (χ1) is 8.99. The molecule has 1 amide bonds. The molecule has 0 aromatic carbocycles. The summed E-state index contributed by atoms with van der Waals surface area (Å²) in [4.78, 5) is 12.5. The van der Waals surface area contributed by atoms with Gasteiger partial charge in [0.2, 0.25) is 5.91 Å². The van der Waals surface area contributed by atoms with Crippen LogP contribution in [-0.2, 0) is 4.79 Å². The van der Waals surface area contributed by atoms with Crippen LogP contribution in [-0.4, -0.2) is 18.5 Å². The van der Waals surface area contributed by atoms with E-state index in [0.29, 0.717) is 12.6 Å². The largest absolute Gasteiger partial charge is 0.353 e. The molecule has 1 rings (SSSR count). The molecule has 3 nitrogen and oxygen atoms in total. The Morgan fingerprint density at radius 3 is 2.11 bits per heavy atom. The van der Waals surface area contributed by atoms with Crippen LogP contribution in [0.1, 0.15) is 66.2 Å². The summed E-state index contributed by atoms with van der Waals surface area (Å²) in [5, 5.41) is 3.25. The molecule has 3 N–H and O–H groups in total. The number of rotatable bonds is 6. The third-order valence-corrected chi connectivity index (χ3v) is 5.28. The highest BCUT2D eigenvalue weighted by molar-refractivity contribution is 5.83. The normalized spacial score (nSPS) is 24.5. The van der Waals surface area contributed by atoms with E-state index in [1.165, 1.54) is 12.8 Å². The van der Waals surface area contributed by atoms with Crippen LogP contribution in [0.25, 0.3) is 0 Å². The summed E-state index contributed by atoms with van der Waals surface area (Å²) in [5.41, 5.74) is 5.48. The van der Waals surface area contributed by atoms with Gasteiger partial charge in [-0.15, -0.1) is 0 Å². The molecule has 1 aliphatic rings. The van der Waals surface area contributed by atoms with E-state index in [0.717, 1.165) is 37.5 Å². The number of amides is 1. The molecule has 0 spiro atoms. The van der Waals surface area contributed by atoms with Crippen molar-refractivity contribution in [2.75, 3.05) is 6.54 Å². The van der Waals surface area contributed by atoms with Gasteiger partial charge < -0.3 is 11.1 Å². The van der Waals surface area contributed by atoms with Crippen LogP contribution in [0.4, 0.5) is 0 Å². The van der Waals surface area contributed by atoms with Gasteiger partial charge in [-0.2, -0.15) is 0 Å². The van der Waals surface area contributed by atoms with E-state index in [-0.39, 0.29) is 11.3 Å². The van der Waals surface area contributed by atoms with E-state index in [1.807, 2.05) is 0 Å². The Bertz CT molecular complexity index is 268. The first-order valence-electron chi connectivity index (χ1n) is 8.00.